The predicted octanol–water partition coefficient (Wildman–Crippen LogP) is 3.63. The highest BCUT2D eigenvalue weighted by Gasteiger charge is 2.14. The van der Waals surface area contributed by atoms with Gasteiger partial charge in [-0.05, 0) is 49.2 Å². The number of aliphatic hydroxyl groups is 1. The van der Waals surface area contributed by atoms with Crippen molar-refractivity contribution in [3.63, 3.8) is 0 Å². The predicted molar refractivity (Wildman–Crippen MR) is 73.7 cm³/mol. The van der Waals surface area contributed by atoms with Crippen LogP contribution in [0, 0.1) is 5.82 Å². The normalized spacial score (nSPS) is 12.7. The molecule has 0 saturated carbocycles. The van der Waals surface area contributed by atoms with Gasteiger partial charge in [-0.25, -0.2) is 4.39 Å². The van der Waals surface area contributed by atoms with Gasteiger partial charge in [0.1, 0.15) is 23.3 Å². The Balaban J connectivity index is 1.73. The van der Waals surface area contributed by atoms with E-state index in [1.165, 1.54) is 12.1 Å². The Bertz CT molecular complexity index is 709. The largest absolute Gasteiger partial charge is 0.458 e. The number of aryl methyl sites for hydroxylation is 1. The summed E-state index contributed by atoms with van der Waals surface area (Å²) in [6.45, 7) is 0. The smallest absolute Gasteiger partial charge is 0.134 e. The van der Waals surface area contributed by atoms with Crippen LogP contribution < -0.4 is 0 Å². The molecule has 0 aliphatic heterocycles. The standard InChI is InChI=1S/C16H14FNO2/c17-12-4-7-15-11(9-12)10-16(20-15)14(19)6-5-13-3-1-2-8-18-13/h1-4,7-10,14,19H,5-6H2. The summed E-state index contributed by atoms with van der Waals surface area (Å²) in [5, 5.41) is 10.8. The van der Waals surface area contributed by atoms with Crippen LogP contribution in [0.4, 0.5) is 4.39 Å². The first-order valence-electron chi connectivity index (χ1n) is 6.49. The minimum atomic E-state index is -0.715. The van der Waals surface area contributed by atoms with Crippen molar-refractivity contribution in [3.8, 4) is 0 Å². The van der Waals surface area contributed by atoms with Gasteiger partial charge in [-0.2, -0.15) is 0 Å². The van der Waals surface area contributed by atoms with Gasteiger partial charge in [-0.1, -0.05) is 6.07 Å². The highest BCUT2D eigenvalue weighted by molar-refractivity contribution is 5.77. The van der Waals surface area contributed by atoms with Crippen molar-refractivity contribution in [3.05, 3.63) is 65.9 Å². The van der Waals surface area contributed by atoms with Crippen molar-refractivity contribution in [1.82, 2.24) is 4.98 Å². The Kier molecular flexibility index (Phi) is 3.48. The summed E-state index contributed by atoms with van der Waals surface area (Å²) in [7, 11) is 0. The molecular weight excluding hydrogens is 257 g/mol. The second-order valence-corrected chi connectivity index (χ2v) is 4.71. The van der Waals surface area contributed by atoms with Crippen molar-refractivity contribution in [2.45, 2.75) is 18.9 Å². The van der Waals surface area contributed by atoms with Crippen molar-refractivity contribution in [1.29, 1.82) is 0 Å². The zero-order valence-electron chi connectivity index (χ0n) is 10.8. The number of pyridine rings is 1. The van der Waals surface area contributed by atoms with E-state index in [0.29, 0.717) is 29.6 Å². The molecule has 0 saturated heterocycles. The minimum absolute atomic E-state index is 0.312. The molecule has 2 aromatic heterocycles. The number of rotatable bonds is 4. The molecule has 0 amide bonds. The molecule has 1 unspecified atom stereocenters. The summed E-state index contributed by atoms with van der Waals surface area (Å²) in [6, 6.07) is 11.7. The Labute approximate surface area is 115 Å². The molecule has 3 nitrogen and oxygen atoms in total. The lowest BCUT2D eigenvalue weighted by Crippen LogP contribution is -1.99. The first-order valence-corrected chi connectivity index (χ1v) is 6.49. The number of fused-ring (bicyclic) bond motifs is 1. The summed E-state index contributed by atoms with van der Waals surface area (Å²) >= 11 is 0. The molecule has 3 rings (SSSR count). The van der Waals surface area contributed by atoms with E-state index in [0.717, 1.165) is 5.69 Å². The van der Waals surface area contributed by atoms with Crippen LogP contribution in [0.1, 0.15) is 24.0 Å². The average molecular weight is 271 g/mol. The van der Waals surface area contributed by atoms with Crippen molar-refractivity contribution < 1.29 is 13.9 Å². The van der Waals surface area contributed by atoms with Gasteiger partial charge in [0.05, 0.1) is 0 Å². The van der Waals surface area contributed by atoms with Gasteiger partial charge in [-0.15, -0.1) is 0 Å². The fourth-order valence-electron chi connectivity index (χ4n) is 2.17. The number of nitrogens with zero attached hydrogens (tertiary/aromatic N) is 1. The number of hydrogen-bond donors (Lipinski definition) is 1. The second-order valence-electron chi connectivity index (χ2n) is 4.71. The Morgan fingerprint density at radius 3 is 2.90 bits per heavy atom. The fraction of sp³-hybridized carbons (Fsp3) is 0.188. The molecule has 1 aromatic carbocycles. The van der Waals surface area contributed by atoms with Gasteiger partial charge in [0.2, 0.25) is 0 Å². The zero-order chi connectivity index (χ0) is 13.9. The molecule has 4 heteroatoms. The van der Waals surface area contributed by atoms with E-state index >= 15 is 0 Å². The maximum atomic E-state index is 13.1. The third-order valence-corrected chi connectivity index (χ3v) is 3.23. The van der Waals surface area contributed by atoms with Gasteiger partial charge in [-0.3, -0.25) is 4.98 Å². The van der Waals surface area contributed by atoms with Gasteiger partial charge in [0.25, 0.3) is 0 Å². The lowest BCUT2D eigenvalue weighted by Gasteiger charge is -2.06. The monoisotopic (exact) mass is 271 g/mol. The number of furan rings is 1. The van der Waals surface area contributed by atoms with E-state index in [9.17, 15) is 9.50 Å². The summed E-state index contributed by atoms with van der Waals surface area (Å²) in [4.78, 5) is 4.21. The fourth-order valence-corrected chi connectivity index (χ4v) is 2.17. The van der Waals surface area contributed by atoms with Gasteiger partial charge < -0.3 is 9.52 Å². The van der Waals surface area contributed by atoms with E-state index in [1.807, 2.05) is 18.2 Å². The van der Waals surface area contributed by atoms with Crippen LogP contribution >= 0.6 is 0 Å². The van der Waals surface area contributed by atoms with Gasteiger partial charge >= 0.3 is 0 Å². The van der Waals surface area contributed by atoms with E-state index in [1.54, 1.807) is 18.3 Å². The number of aliphatic hydroxyl groups excluding tert-OH is 1. The number of halogens is 1. The van der Waals surface area contributed by atoms with Crippen LogP contribution in [0.25, 0.3) is 11.0 Å². The van der Waals surface area contributed by atoms with Crippen LogP contribution in [0.5, 0.6) is 0 Å². The molecule has 102 valence electrons. The highest BCUT2D eigenvalue weighted by atomic mass is 19.1. The number of aromatic nitrogens is 1. The van der Waals surface area contributed by atoms with Gasteiger partial charge in [0, 0.05) is 17.3 Å². The second kappa shape index (κ2) is 5.43. The summed E-state index contributed by atoms with van der Waals surface area (Å²) in [5.74, 6) is 0.148. The SMILES string of the molecule is OC(CCc1ccccn1)c1cc2cc(F)ccc2o1. The Morgan fingerprint density at radius 1 is 1.20 bits per heavy atom. The molecule has 0 aliphatic rings. The molecule has 1 atom stereocenters. The van der Waals surface area contributed by atoms with E-state index in [2.05, 4.69) is 4.98 Å². The van der Waals surface area contributed by atoms with Crippen LogP contribution in [0.15, 0.2) is 53.1 Å². The van der Waals surface area contributed by atoms with Crippen LogP contribution in [-0.4, -0.2) is 10.1 Å². The quantitative estimate of drug-likeness (QED) is 0.788. The number of benzene rings is 1. The molecule has 2 heterocycles. The maximum absolute atomic E-state index is 13.1. The summed E-state index contributed by atoms with van der Waals surface area (Å²) < 4.78 is 18.6. The van der Waals surface area contributed by atoms with Crippen molar-refractivity contribution in [2.75, 3.05) is 0 Å². The van der Waals surface area contributed by atoms with E-state index < -0.39 is 6.10 Å². The van der Waals surface area contributed by atoms with Crippen LogP contribution in [0.2, 0.25) is 0 Å². The molecular formula is C16H14FNO2. The van der Waals surface area contributed by atoms with Crippen LogP contribution in [-0.2, 0) is 6.42 Å². The summed E-state index contributed by atoms with van der Waals surface area (Å²) in [5.41, 5.74) is 1.51. The maximum Gasteiger partial charge on any atom is 0.134 e. The highest BCUT2D eigenvalue weighted by Crippen LogP contribution is 2.26. The van der Waals surface area contributed by atoms with Crippen LogP contribution in [0.3, 0.4) is 0 Å². The van der Waals surface area contributed by atoms with Gasteiger partial charge in [0.15, 0.2) is 0 Å². The molecule has 0 spiro atoms. The molecule has 0 fully saturated rings. The third kappa shape index (κ3) is 2.70. The van der Waals surface area contributed by atoms with Crippen molar-refractivity contribution >= 4 is 11.0 Å². The Hall–Kier alpha value is -2.20. The first-order chi connectivity index (χ1) is 9.72. The van der Waals surface area contributed by atoms with Crippen molar-refractivity contribution in [2.24, 2.45) is 0 Å². The molecule has 20 heavy (non-hydrogen) atoms. The molecule has 0 bridgehead atoms. The Morgan fingerprint density at radius 2 is 2.10 bits per heavy atom. The molecule has 3 aromatic rings. The molecule has 0 aliphatic carbocycles. The number of hydrogen-bond acceptors (Lipinski definition) is 3. The average Bonchev–Trinajstić information content (AvgIpc) is 2.89. The van der Waals surface area contributed by atoms with E-state index in [-0.39, 0.29) is 5.82 Å². The molecule has 0 radical (unpaired) electrons. The summed E-state index contributed by atoms with van der Waals surface area (Å²) in [6.07, 6.45) is 2.19. The lowest BCUT2D eigenvalue weighted by atomic mass is 10.1. The lowest BCUT2D eigenvalue weighted by molar-refractivity contribution is 0.142. The zero-order valence-corrected chi connectivity index (χ0v) is 10.8. The topological polar surface area (TPSA) is 46.3 Å². The minimum Gasteiger partial charge on any atom is -0.458 e. The molecule has 1 N–H and O–H groups in total. The first kappa shape index (κ1) is 12.8. The van der Waals surface area contributed by atoms with E-state index in [4.69, 9.17) is 4.42 Å². The third-order valence-electron chi connectivity index (χ3n) is 3.23.